The monoisotopic (exact) mass is 664 g/mol. The molecular weight excluding hydrogens is 623 g/mol. The number of aromatic nitrogens is 3. The third-order valence-electron chi connectivity index (χ3n) is 10.1. The Labute approximate surface area is 285 Å². The second kappa shape index (κ2) is 13.6. The van der Waals surface area contributed by atoms with Crippen LogP contribution in [0.4, 0.5) is 10.2 Å². The number of carbonyl (C=O) groups is 1. The Balaban J connectivity index is 1.11. The number of halogens is 1. The van der Waals surface area contributed by atoms with Crippen molar-refractivity contribution in [3.63, 3.8) is 0 Å². The van der Waals surface area contributed by atoms with Gasteiger partial charge < -0.3 is 24.7 Å². The number of hydrogen-bond donors (Lipinski definition) is 1. The highest BCUT2D eigenvalue weighted by molar-refractivity contribution is 5.97. The summed E-state index contributed by atoms with van der Waals surface area (Å²) in [6.45, 7) is 10.3. The number of nitriles is 1. The fourth-order valence-corrected chi connectivity index (χ4v) is 7.24. The summed E-state index contributed by atoms with van der Waals surface area (Å²) < 4.78 is 28.6. The molecule has 1 unspecified atom stereocenters. The fourth-order valence-electron chi connectivity index (χ4n) is 7.24. The van der Waals surface area contributed by atoms with Crippen molar-refractivity contribution >= 4 is 22.8 Å². The number of rotatable bonds is 8. The van der Waals surface area contributed by atoms with Gasteiger partial charge in [0.15, 0.2) is 11.6 Å². The quantitative estimate of drug-likeness (QED) is 0.207. The van der Waals surface area contributed by atoms with Crippen molar-refractivity contribution in [3.8, 4) is 23.3 Å². The number of benzene rings is 2. The molecule has 3 aliphatic rings. The lowest BCUT2D eigenvalue weighted by atomic mass is 9.91. The molecule has 3 aliphatic heterocycles. The van der Waals surface area contributed by atoms with E-state index in [1.807, 2.05) is 30.5 Å². The number of ether oxygens (including phenoxy) is 2. The van der Waals surface area contributed by atoms with Gasteiger partial charge in [-0.05, 0) is 57.0 Å². The second-order valence-electron chi connectivity index (χ2n) is 13.6. The van der Waals surface area contributed by atoms with E-state index in [0.717, 1.165) is 57.8 Å². The van der Waals surface area contributed by atoms with Gasteiger partial charge in [0, 0.05) is 68.6 Å². The molecule has 0 aliphatic carbocycles. The summed E-state index contributed by atoms with van der Waals surface area (Å²) >= 11 is 0. The third-order valence-corrected chi connectivity index (χ3v) is 10.1. The lowest BCUT2D eigenvalue weighted by molar-refractivity contribution is -0.128. The Morgan fingerprint density at radius 1 is 1.08 bits per heavy atom. The zero-order valence-electron chi connectivity index (χ0n) is 27.9. The lowest BCUT2D eigenvalue weighted by Crippen LogP contribution is -2.59. The van der Waals surface area contributed by atoms with E-state index in [4.69, 9.17) is 15.2 Å². The van der Waals surface area contributed by atoms with Crippen LogP contribution in [0.3, 0.4) is 0 Å². The largest absolute Gasteiger partial charge is 0.457 e. The number of nitrogen functional groups attached to an aromatic ring is 1. The van der Waals surface area contributed by atoms with Crippen molar-refractivity contribution in [2.75, 3.05) is 58.2 Å². The Bertz CT molecular complexity index is 1910. The number of piperazine rings is 1. The van der Waals surface area contributed by atoms with Gasteiger partial charge in [-0.15, -0.1) is 0 Å². The number of carbonyl (C=O) groups excluding carboxylic acids is 1. The molecule has 0 bridgehead atoms. The number of fused-ring (bicyclic) bond motifs is 1. The SMILES string of the molecule is CC(C)(C=C(C#N)C(=O)N1CCCC(c2cn(-c3ccc(Oc4ccccc4)cc3F)c3c(N)ncnc23)C1)N1CCN(C2COC2)CC1. The maximum Gasteiger partial charge on any atom is 0.264 e. The van der Waals surface area contributed by atoms with E-state index in [1.54, 1.807) is 33.7 Å². The summed E-state index contributed by atoms with van der Waals surface area (Å²) in [6, 6.07) is 16.6. The average Bonchev–Trinajstić information content (AvgIpc) is 3.48. The molecule has 7 rings (SSSR count). The second-order valence-corrected chi connectivity index (χ2v) is 13.6. The number of likely N-dealkylation sites (tertiary alicyclic amines) is 1. The van der Waals surface area contributed by atoms with Crippen LogP contribution >= 0.6 is 0 Å². The summed E-state index contributed by atoms with van der Waals surface area (Å²) in [5.74, 6) is 0.325. The number of nitrogens with zero attached hydrogens (tertiary/aromatic N) is 7. The maximum atomic E-state index is 15.7. The number of amides is 1. The summed E-state index contributed by atoms with van der Waals surface area (Å²) in [4.78, 5) is 29.2. The third kappa shape index (κ3) is 6.62. The standard InChI is InChI=1S/C37H41FN8O3/c1-37(2,45-15-13-43(14-16-45)27-22-48-23-27)18-26(19-39)36(47)44-12-6-7-25(20-44)30-21-46(34-33(30)41-24-42-35(34)40)32-11-10-29(17-31(32)38)49-28-8-4-3-5-9-28/h3-5,8-11,17-18,21,24-25,27H,6-7,12-16,20,22-23H2,1-2H3,(H2,40,41,42). The van der Waals surface area contributed by atoms with Gasteiger partial charge in [0.1, 0.15) is 35.0 Å². The molecular formula is C37H41FN8O3. The normalized spacial score (nSPS) is 19.8. The number of nitrogens with two attached hydrogens (primary N) is 1. The van der Waals surface area contributed by atoms with Crippen LogP contribution in [0, 0.1) is 17.1 Å². The van der Waals surface area contributed by atoms with Crippen LogP contribution < -0.4 is 10.5 Å². The maximum absolute atomic E-state index is 15.7. The van der Waals surface area contributed by atoms with Crippen molar-refractivity contribution < 1.29 is 18.7 Å². The van der Waals surface area contributed by atoms with Crippen molar-refractivity contribution in [2.45, 2.75) is 44.2 Å². The molecule has 3 saturated heterocycles. The number of piperidine rings is 1. The fraction of sp³-hybridized carbons (Fsp3) is 0.405. The first kappa shape index (κ1) is 32.7. The van der Waals surface area contributed by atoms with E-state index in [-0.39, 0.29) is 28.9 Å². The van der Waals surface area contributed by atoms with Crippen molar-refractivity contribution in [1.29, 1.82) is 5.26 Å². The highest BCUT2D eigenvalue weighted by Gasteiger charge is 2.35. The minimum atomic E-state index is -0.495. The van der Waals surface area contributed by atoms with E-state index in [2.05, 4.69) is 39.7 Å². The minimum absolute atomic E-state index is 0.101. The molecule has 2 N–H and O–H groups in total. The molecule has 2 aromatic heterocycles. The van der Waals surface area contributed by atoms with Crippen LogP contribution in [0.15, 0.2) is 72.7 Å². The van der Waals surface area contributed by atoms with Crippen LogP contribution in [0.2, 0.25) is 0 Å². The smallest absolute Gasteiger partial charge is 0.264 e. The molecule has 5 heterocycles. The molecule has 11 nitrogen and oxygen atoms in total. The Kier molecular flexibility index (Phi) is 9.07. The van der Waals surface area contributed by atoms with Gasteiger partial charge in [0.05, 0.1) is 30.5 Å². The van der Waals surface area contributed by atoms with Gasteiger partial charge in [-0.1, -0.05) is 18.2 Å². The number of hydrogen-bond acceptors (Lipinski definition) is 9. The molecule has 3 fully saturated rings. The molecule has 0 radical (unpaired) electrons. The topological polar surface area (TPSA) is 126 Å². The molecule has 1 atom stereocenters. The molecule has 0 spiro atoms. The van der Waals surface area contributed by atoms with E-state index in [9.17, 15) is 10.1 Å². The number of para-hydroxylation sites is 1. The first-order chi connectivity index (χ1) is 23.7. The summed E-state index contributed by atoms with van der Waals surface area (Å²) in [7, 11) is 0. The van der Waals surface area contributed by atoms with Crippen molar-refractivity contribution in [2.24, 2.45) is 0 Å². The minimum Gasteiger partial charge on any atom is -0.457 e. The molecule has 1 amide bonds. The average molecular weight is 665 g/mol. The van der Waals surface area contributed by atoms with Crippen molar-refractivity contribution in [3.05, 3.63) is 84.1 Å². The van der Waals surface area contributed by atoms with Gasteiger partial charge in [0.25, 0.3) is 5.91 Å². The highest BCUT2D eigenvalue weighted by atomic mass is 19.1. The zero-order chi connectivity index (χ0) is 34.1. The van der Waals surface area contributed by atoms with Crippen LogP contribution in [0.1, 0.15) is 38.2 Å². The molecule has 2 aromatic carbocycles. The van der Waals surface area contributed by atoms with E-state index in [0.29, 0.717) is 41.7 Å². The molecule has 4 aromatic rings. The van der Waals surface area contributed by atoms with E-state index < -0.39 is 11.4 Å². The predicted molar refractivity (Wildman–Crippen MR) is 184 cm³/mol. The lowest BCUT2D eigenvalue weighted by Gasteiger charge is -2.46. The predicted octanol–water partition coefficient (Wildman–Crippen LogP) is 4.89. The van der Waals surface area contributed by atoms with E-state index >= 15 is 4.39 Å². The number of anilines is 1. The summed E-state index contributed by atoms with van der Waals surface area (Å²) in [6.07, 6.45) is 6.63. The van der Waals surface area contributed by atoms with Crippen LogP contribution in [0.5, 0.6) is 11.5 Å². The Morgan fingerprint density at radius 2 is 1.86 bits per heavy atom. The molecule has 254 valence electrons. The van der Waals surface area contributed by atoms with E-state index in [1.165, 1.54) is 12.4 Å². The van der Waals surface area contributed by atoms with Crippen LogP contribution in [0.25, 0.3) is 16.7 Å². The summed E-state index contributed by atoms with van der Waals surface area (Å²) in [5, 5.41) is 10.2. The first-order valence-electron chi connectivity index (χ1n) is 16.8. The van der Waals surface area contributed by atoms with Gasteiger partial charge in [-0.3, -0.25) is 14.6 Å². The summed E-state index contributed by atoms with van der Waals surface area (Å²) in [5.41, 5.74) is 8.29. The molecule has 49 heavy (non-hydrogen) atoms. The van der Waals surface area contributed by atoms with Crippen LogP contribution in [-0.4, -0.2) is 99.2 Å². The Morgan fingerprint density at radius 3 is 2.55 bits per heavy atom. The van der Waals surface area contributed by atoms with Crippen LogP contribution in [-0.2, 0) is 9.53 Å². The van der Waals surface area contributed by atoms with Gasteiger partial charge >= 0.3 is 0 Å². The van der Waals surface area contributed by atoms with Gasteiger partial charge in [0.2, 0.25) is 0 Å². The van der Waals surface area contributed by atoms with Gasteiger partial charge in [-0.2, -0.15) is 5.26 Å². The first-order valence-corrected chi connectivity index (χ1v) is 16.8. The molecule has 12 heteroatoms. The van der Waals surface area contributed by atoms with Crippen molar-refractivity contribution in [1.82, 2.24) is 29.2 Å². The van der Waals surface area contributed by atoms with Gasteiger partial charge in [-0.25, -0.2) is 14.4 Å². The highest BCUT2D eigenvalue weighted by Crippen LogP contribution is 2.37. The molecule has 0 saturated carbocycles. The Hall–Kier alpha value is -4.83. The zero-order valence-corrected chi connectivity index (χ0v) is 27.9.